The van der Waals surface area contributed by atoms with Crippen molar-refractivity contribution in [2.24, 2.45) is 0 Å². The summed E-state index contributed by atoms with van der Waals surface area (Å²) in [6, 6.07) is 9.25. The maximum Gasteiger partial charge on any atom is 0.148 e. The van der Waals surface area contributed by atoms with E-state index in [0.29, 0.717) is 48.8 Å². The molecule has 4 rings (SSSR count). The number of hydrogen-bond donors (Lipinski definition) is 1. The first-order valence-corrected chi connectivity index (χ1v) is 7.48. The van der Waals surface area contributed by atoms with Crippen LogP contribution in [0.1, 0.15) is 0 Å². The van der Waals surface area contributed by atoms with Gasteiger partial charge in [0, 0.05) is 24.7 Å². The zero-order chi connectivity index (χ0) is 15.8. The van der Waals surface area contributed by atoms with Gasteiger partial charge in [-0.1, -0.05) is 0 Å². The van der Waals surface area contributed by atoms with Crippen LogP contribution in [-0.2, 0) is 4.74 Å². The van der Waals surface area contributed by atoms with E-state index in [1.165, 1.54) is 18.2 Å². The molecule has 118 valence electrons. The van der Waals surface area contributed by atoms with Crippen molar-refractivity contribution < 1.29 is 13.5 Å². The van der Waals surface area contributed by atoms with E-state index in [0.717, 1.165) is 5.56 Å². The summed E-state index contributed by atoms with van der Waals surface area (Å²) in [5, 5.41) is 0. The number of aromatic nitrogens is 2. The standard InChI is InChI=1S/C17H15F2N3O/c18-12-3-1-11(2-4-12)17-20-14-9-13(19)16(10-15(14)21-17)22-5-7-23-8-6-22/h1-4,9-10H,5-8H2,(H,20,21). The molecule has 1 N–H and O–H groups in total. The zero-order valence-corrected chi connectivity index (χ0v) is 12.4. The van der Waals surface area contributed by atoms with Crippen molar-refractivity contribution in [2.45, 2.75) is 0 Å². The Labute approximate surface area is 131 Å². The summed E-state index contributed by atoms with van der Waals surface area (Å²) in [5.74, 6) is 0.0118. The number of aromatic amines is 1. The molecule has 1 aliphatic heterocycles. The first-order chi connectivity index (χ1) is 11.2. The van der Waals surface area contributed by atoms with Gasteiger partial charge < -0.3 is 14.6 Å². The Kier molecular flexibility index (Phi) is 3.46. The van der Waals surface area contributed by atoms with Crippen LogP contribution < -0.4 is 4.90 Å². The second kappa shape index (κ2) is 5.62. The molecular formula is C17H15F2N3O. The maximum atomic E-state index is 14.4. The molecule has 2 aromatic carbocycles. The third kappa shape index (κ3) is 2.66. The fourth-order valence-electron chi connectivity index (χ4n) is 2.81. The van der Waals surface area contributed by atoms with Crippen molar-refractivity contribution in [3.63, 3.8) is 0 Å². The van der Waals surface area contributed by atoms with Gasteiger partial charge in [0.2, 0.25) is 0 Å². The average Bonchev–Trinajstić information content (AvgIpc) is 2.98. The number of morpholine rings is 1. The lowest BCUT2D eigenvalue weighted by Crippen LogP contribution is -2.36. The number of fused-ring (bicyclic) bond motifs is 1. The Balaban J connectivity index is 1.75. The number of halogens is 2. The number of imidazole rings is 1. The predicted molar refractivity (Wildman–Crippen MR) is 84.5 cm³/mol. The summed E-state index contributed by atoms with van der Waals surface area (Å²) in [4.78, 5) is 9.55. The molecule has 6 heteroatoms. The molecule has 0 bridgehead atoms. The minimum Gasteiger partial charge on any atom is -0.378 e. The molecule has 4 nitrogen and oxygen atoms in total. The lowest BCUT2D eigenvalue weighted by Gasteiger charge is -2.29. The minimum atomic E-state index is -0.300. The van der Waals surface area contributed by atoms with Gasteiger partial charge in [-0.25, -0.2) is 13.8 Å². The normalized spacial score (nSPS) is 15.3. The van der Waals surface area contributed by atoms with Crippen LogP contribution in [-0.4, -0.2) is 36.3 Å². The molecule has 0 unspecified atom stereocenters. The summed E-state index contributed by atoms with van der Waals surface area (Å²) in [6.07, 6.45) is 0. The highest BCUT2D eigenvalue weighted by molar-refractivity contribution is 5.83. The van der Waals surface area contributed by atoms with Gasteiger partial charge in [-0.3, -0.25) is 0 Å². The average molecular weight is 315 g/mol. The summed E-state index contributed by atoms with van der Waals surface area (Å²) >= 11 is 0. The van der Waals surface area contributed by atoms with Gasteiger partial charge in [-0.05, 0) is 30.3 Å². The van der Waals surface area contributed by atoms with Gasteiger partial charge in [0.25, 0.3) is 0 Å². The van der Waals surface area contributed by atoms with Crippen LogP contribution in [0.4, 0.5) is 14.5 Å². The Morgan fingerprint density at radius 2 is 1.78 bits per heavy atom. The quantitative estimate of drug-likeness (QED) is 0.788. The van der Waals surface area contributed by atoms with Crippen molar-refractivity contribution >= 4 is 16.7 Å². The highest BCUT2D eigenvalue weighted by Crippen LogP contribution is 2.28. The van der Waals surface area contributed by atoms with E-state index < -0.39 is 0 Å². The number of hydrogen-bond acceptors (Lipinski definition) is 3. The third-order valence-electron chi connectivity index (χ3n) is 4.02. The van der Waals surface area contributed by atoms with Gasteiger partial charge in [0.15, 0.2) is 0 Å². The van der Waals surface area contributed by atoms with E-state index in [4.69, 9.17) is 4.74 Å². The first kappa shape index (κ1) is 14.1. The number of H-pyrrole nitrogens is 1. The molecule has 2 heterocycles. The number of anilines is 1. The van der Waals surface area contributed by atoms with Crippen LogP contribution in [0.15, 0.2) is 36.4 Å². The van der Waals surface area contributed by atoms with E-state index in [1.54, 1.807) is 18.2 Å². The molecule has 1 aromatic heterocycles. The zero-order valence-electron chi connectivity index (χ0n) is 12.4. The van der Waals surface area contributed by atoms with Gasteiger partial charge >= 0.3 is 0 Å². The topological polar surface area (TPSA) is 41.2 Å². The molecule has 0 saturated carbocycles. The van der Waals surface area contributed by atoms with Crippen LogP contribution in [0.2, 0.25) is 0 Å². The number of nitrogens with zero attached hydrogens (tertiary/aromatic N) is 2. The third-order valence-corrected chi connectivity index (χ3v) is 4.02. The van der Waals surface area contributed by atoms with Crippen LogP contribution in [0.5, 0.6) is 0 Å². The molecule has 3 aromatic rings. The molecule has 1 aliphatic rings. The lowest BCUT2D eigenvalue weighted by molar-refractivity contribution is 0.122. The summed E-state index contributed by atoms with van der Waals surface area (Å²) in [5.41, 5.74) is 2.61. The van der Waals surface area contributed by atoms with Crippen molar-refractivity contribution in [1.29, 1.82) is 0 Å². The maximum absolute atomic E-state index is 14.4. The van der Waals surface area contributed by atoms with Gasteiger partial charge in [-0.15, -0.1) is 0 Å². The number of rotatable bonds is 2. The molecule has 0 atom stereocenters. The Bertz CT molecular complexity index is 839. The minimum absolute atomic E-state index is 0.284. The van der Waals surface area contributed by atoms with Crippen LogP contribution in [0.3, 0.4) is 0 Å². The summed E-state index contributed by atoms with van der Waals surface area (Å²) in [7, 11) is 0. The highest BCUT2D eigenvalue weighted by atomic mass is 19.1. The van der Waals surface area contributed by atoms with Crippen molar-refractivity contribution in [3.8, 4) is 11.4 Å². The van der Waals surface area contributed by atoms with Crippen molar-refractivity contribution in [1.82, 2.24) is 9.97 Å². The lowest BCUT2D eigenvalue weighted by atomic mass is 10.2. The predicted octanol–water partition coefficient (Wildman–Crippen LogP) is 3.34. The van der Waals surface area contributed by atoms with Crippen LogP contribution in [0.25, 0.3) is 22.4 Å². The fraction of sp³-hybridized carbons (Fsp3) is 0.235. The highest BCUT2D eigenvalue weighted by Gasteiger charge is 2.17. The molecule has 1 saturated heterocycles. The molecule has 0 amide bonds. The summed E-state index contributed by atoms with van der Waals surface area (Å²) < 4.78 is 32.7. The van der Waals surface area contributed by atoms with E-state index in [9.17, 15) is 8.78 Å². The summed E-state index contributed by atoms with van der Waals surface area (Å²) in [6.45, 7) is 2.52. The second-order valence-corrected chi connectivity index (χ2v) is 5.51. The van der Waals surface area contributed by atoms with Crippen LogP contribution in [0, 0.1) is 11.6 Å². The monoisotopic (exact) mass is 315 g/mol. The Morgan fingerprint density at radius 3 is 2.52 bits per heavy atom. The molecule has 0 aliphatic carbocycles. The van der Waals surface area contributed by atoms with E-state index in [-0.39, 0.29) is 11.6 Å². The van der Waals surface area contributed by atoms with Gasteiger partial charge in [0.1, 0.15) is 17.5 Å². The van der Waals surface area contributed by atoms with E-state index in [2.05, 4.69) is 9.97 Å². The first-order valence-electron chi connectivity index (χ1n) is 7.48. The molecule has 23 heavy (non-hydrogen) atoms. The largest absolute Gasteiger partial charge is 0.378 e. The van der Waals surface area contributed by atoms with Crippen LogP contribution >= 0.6 is 0 Å². The number of nitrogens with one attached hydrogen (secondary N) is 1. The second-order valence-electron chi connectivity index (χ2n) is 5.51. The van der Waals surface area contributed by atoms with Crippen molar-refractivity contribution in [2.75, 3.05) is 31.2 Å². The smallest absolute Gasteiger partial charge is 0.148 e. The number of ether oxygens (including phenoxy) is 1. The Hall–Kier alpha value is -2.47. The van der Waals surface area contributed by atoms with Gasteiger partial charge in [-0.2, -0.15) is 0 Å². The SMILES string of the molecule is Fc1ccc(-c2nc3cc(N4CCOCC4)c(F)cc3[nH]2)cc1. The fourth-order valence-corrected chi connectivity index (χ4v) is 2.81. The molecular weight excluding hydrogens is 300 g/mol. The molecule has 0 radical (unpaired) electrons. The van der Waals surface area contributed by atoms with E-state index in [1.807, 2.05) is 4.90 Å². The number of benzene rings is 2. The molecule has 1 fully saturated rings. The Morgan fingerprint density at radius 1 is 1.04 bits per heavy atom. The van der Waals surface area contributed by atoms with Gasteiger partial charge in [0.05, 0.1) is 29.9 Å². The molecule has 0 spiro atoms. The van der Waals surface area contributed by atoms with E-state index >= 15 is 0 Å². The van der Waals surface area contributed by atoms with Crippen molar-refractivity contribution in [3.05, 3.63) is 48.0 Å².